The van der Waals surface area contributed by atoms with Crippen LogP contribution in [0.2, 0.25) is 0 Å². The van der Waals surface area contributed by atoms with E-state index in [0.717, 1.165) is 17.5 Å². The van der Waals surface area contributed by atoms with Gasteiger partial charge in [-0.25, -0.2) is 0 Å². The molecule has 3 nitrogen and oxygen atoms in total. The SMILES string of the molecule is CC1=CC(Cc2c[nH]c3ccccc23)N(C)C1=O. The molecule has 3 heteroatoms. The normalized spacial score (nSPS) is 19.7. The van der Waals surface area contributed by atoms with Crippen molar-refractivity contribution in [2.24, 2.45) is 0 Å². The van der Waals surface area contributed by atoms with Gasteiger partial charge in [0.25, 0.3) is 0 Å². The molecule has 0 saturated heterocycles. The molecular weight excluding hydrogens is 224 g/mol. The molecule has 1 amide bonds. The molecule has 2 aromatic rings. The third kappa shape index (κ3) is 1.63. The first-order valence-electron chi connectivity index (χ1n) is 6.17. The summed E-state index contributed by atoms with van der Waals surface area (Å²) in [6.45, 7) is 1.88. The number of nitrogens with zero attached hydrogens (tertiary/aromatic N) is 1. The number of benzene rings is 1. The standard InChI is InChI=1S/C15H16N2O/c1-10-7-12(17(2)15(10)18)8-11-9-16-14-6-4-3-5-13(11)14/h3-7,9,12,16H,8H2,1-2H3. The highest BCUT2D eigenvalue weighted by atomic mass is 16.2. The zero-order valence-corrected chi connectivity index (χ0v) is 10.6. The van der Waals surface area contributed by atoms with E-state index in [4.69, 9.17) is 0 Å². The van der Waals surface area contributed by atoms with Gasteiger partial charge in [0.15, 0.2) is 0 Å². The molecule has 1 aromatic carbocycles. The summed E-state index contributed by atoms with van der Waals surface area (Å²) < 4.78 is 0. The van der Waals surface area contributed by atoms with E-state index in [9.17, 15) is 4.79 Å². The number of likely N-dealkylation sites (N-methyl/N-ethyl adjacent to an activating group) is 1. The second-order valence-electron chi connectivity index (χ2n) is 4.90. The van der Waals surface area contributed by atoms with E-state index in [0.29, 0.717) is 0 Å². The number of H-pyrrole nitrogens is 1. The van der Waals surface area contributed by atoms with Crippen molar-refractivity contribution in [1.29, 1.82) is 0 Å². The molecule has 0 radical (unpaired) electrons. The molecular formula is C15H16N2O. The van der Waals surface area contributed by atoms with Crippen LogP contribution in [0.25, 0.3) is 10.9 Å². The quantitative estimate of drug-likeness (QED) is 0.860. The molecule has 0 saturated carbocycles. The summed E-state index contributed by atoms with van der Waals surface area (Å²) in [5, 5.41) is 1.25. The van der Waals surface area contributed by atoms with Crippen LogP contribution in [0.5, 0.6) is 0 Å². The van der Waals surface area contributed by atoms with Crippen molar-refractivity contribution in [2.75, 3.05) is 7.05 Å². The number of hydrogen-bond donors (Lipinski definition) is 1. The van der Waals surface area contributed by atoms with Gasteiger partial charge in [0.1, 0.15) is 0 Å². The van der Waals surface area contributed by atoms with Crippen molar-refractivity contribution < 1.29 is 4.79 Å². The lowest BCUT2D eigenvalue weighted by Crippen LogP contribution is -2.31. The Labute approximate surface area is 106 Å². The molecule has 1 aromatic heterocycles. The van der Waals surface area contributed by atoms with Gasteiger partial charge in [0.05, 0.1) is 6.04 Å². The number of carbonyl (C=O) groups is 1. The lowest BCUT2D eigenvalue weighted by molar-refractivity contribution is -0.125. The Morgan fingerprint density at radius 1 is 1.33 bits per heavy atom. The van der Waals surface area contributed by atoms with Crippen LogP contribution in [0, 0.1) is 0 Å². The topological polar surface area (TPSA) is 36.1 Å². The Morgan fingerprint density at radius 2 is 2.11 bits per heavy atom. The van der Waals surface area contributed by atoms with E-state index in [1.165, 1.54) is 10.9 Å². The number of carbonyl (C=O) groups excluding carboxylic acids is 1. The smallest absolute Gasteiger partial charge is 0.249 e. The Morgan fingerprint density at radius 3 is 2.83 bits per heavy atom. The molecule has 1 atom stereocenters. The molecule has 0 spiro atoms. The van der Waals surface area contributed by atoms with E-state index in [-0.39, 0.29) is 11.9 Å². The van der Waals surface area contributed by atoms with E-state index >= 15 is 0 Å². The minimum atomic E-state index is 0.139. The Kier molecular flexibility index (Phi) is 2.47. The maximum absolute atomic E-state index is 11.8. The summed E-state index contributed by atoms with van der Waals surface area (Å²) in [6, 6.07) is 8.44. The van der Waals surface area contributed by atoms with Crippen LogP contribution in [-0.4, -0.2) is 28.9 Å². The molecule has 18 heavy (non-hydrogen) atoms. The van der Waals surface area contributed by atoms with Crippen molar-refractivity contribution in [3.05, 3.63) is 47.7 Å². The van der Waals surface area contributed by atoms with Gasteiger partial charge in [0, 0.05) is 29.7 Å². The van der Waals surface area contributed by atoms with Gasteiger partial charge in [-0.2, -0.15) is 0 Å². The predicted molar refractivity (Wildman–Crippen MR) is 72.3 cm³/mol. The number of rotatable bonds is 2. The molecule has 1 aliphatic heterocycles. The maximum atomic E-state index is 11.8. The van der Waals surface area contributed by atoms with Gasteiger partial charge in [-0.05, 0) is 25.0 Å². The van der Waals surface area contributed by atoms with Crippen molar-refractivity contribution in [1.82, 2.24) is 9.88 Å². The van der Waals surface area contributed by atoms with Crippen molar-refractivity contribution in [2.45, 2.75) is 19.4 Å². The lowest BCUT2D eigenvalue weighted by Gasteiger charge is -2.19. The van der Waals surface area contributed by atoms with E-state index in [2.05, 4.69) is 23.2 Å². The van der Waals surface area contributed by atoms with Crippen molar-refractivity contribution in [3.8, 4) is 0 Å². The Bertz CT molecular complexity index is 639. The van der Waals surface area contributed by atoms with Gasteiger partial charge in [-0.15, -0.1) is 0 Å². The van der Waals surface area contributed by atoms with Gasteiger partial charge < -0.3 is 9.88 Å². The van der Waals surface area contributed by atoms with Crippen molar-refractivity contribution in [3.63, 3.8) is 0 Å². The number of para-hydroxylation sites is 1. The number of nitrogens with one attached hydrogen (secondary N) is 1. The molecule has 1 aliphatic rings. The predicted octanol–water partition coefficient (Wildman–Crippen LogP) is 2.50. The average Bonchev–Trinajstić information content (AvgIpc) is 2.89. The molecule has 0 aliphatic carbocycles. The zero-order chi connectivity index (χ0) is 12.7. The molecule has 3 rings (SSSR count). The fourth-order valence-electron chi connectivity index (χ4n) is 2.62. The van der Waals surface area contributed by atoms with Crippen LogP contribution in [-0.2, 0) is 11.2 Å². The van der Waals surface area contributed by atoms with Crippen LogP contribution in [0.15, 0.2) is 42.1 Å². The van der Waals surface area contributed by atoms with Crippen LogP contribution in [0.4, 0.5) is 0 Å². The molecule has 2 heterocycles. The summed E-state index contributed by atoms with van der Waals surface area (Å²) in [5.74, 6) is 0.139. The largest absolute Gasteiger partial charge is 0.361 e. The molecule has 92 valence electrons. The van der Waals surface area contributed by atoms with Gasteiger partial charge in [-0.3, -0.25) is 4.79 Å². The number of fused-ring (bicyclic) bond motifs is 1. The molecule has 1 N–H and O–H groups in total. The minimum absolute atomic E-state index is 0.139. The van der Waals surface area contributed by atoms with Crippen LogP contribution >= 0.6 is 0 Å². The summed E-state index contributed by atoms with van der Waals surface area (Å²) in [5.41, 5.74) is 3.27. The second-order valence-corrected chi connectivity index (χ2v) is 4.90. The number of hydrogen-bond acceptors (Lipinski definition) is 1. The number of aromatic amines is 1. The average molecular weight is 240 g/mol. The fraction of sp³-hybridized carbons (Fsp3) is 0.267. The van der Waals surface area contributed by atoms with Crippen LogP contribution in [0.1, 0.15) is 12.5 Å². The lowest BCUT2D eigenvalue weighted by atomic mass is 10.0. The minimum Gasteiger partial charge on any atom is -0.361 e. The molecule has 0 bridgehead atoms. The molecule has 1 unspecified atom stereocenters. The van der Waals surface area contributed by atoms with Crippen LogP contribution < -0.4 is 0 Å². The van der Waals surface area contributed by atoms with E-state index < -0.39 is 0 Å². The van der Waals surface area contributed by atoms with Gasteiger partial charge >= 0.3 is 0 Å². The highest BCUT2D eigenvalue weighted by Gasteiger charge is 2.27. The van der Waals surface area contributed by atoms with Crippen molar-refractivity contribution >= 4 is 16.8 Å². The highest BCUT2D eigenvalue weighted by molar-refractivity contribution is 5.95. The molecule has 0 fully saturated rings. The third-order valence-corrected chi connectivity index (χ3v) is 3.70. The first-order valence-corrected chi connectivity index (χ1v) is 6.17. The summed E-state index contributed by atoms with van der Waals surface area (Å²) in [7, 11) is 1.87. The Balaban J connectivity index is 1.92. The maximum Gasteiger partial charge on any atom is 0.249 e. The zero-order valence-electron chi connectivity index (χ0n) is 10.6. The first kappa shape index (κ1) is 11.1. The third-order valence-electron chi connectivity index (χ3n) is 3.70. The Hall–Kier alpha value is -2.03. The second kappa shape index (κ2) is 4.02. The van der Waals surface area contributed by atoms with E-state index in [1.54, 1.807) is 0 Å². The highest BCUT2D eigenvalue weighted by Crippen LogP contribution is 2.24. The van der Waals surface area contributed by atoms with E-state index in [1.807, 2.05) is 37.2 Å². The first-order chi connectivity index (χ1) is 8.66. The summed E-state index contributed by atoms with van der Waals surface area (Å²) >= 11 is 0. The van der Waals surface area contributed by atoms with Crippen LogP contribution in [0.3, 0.4) is 0 Å². The monoisotopic (exact) mass is 240 g/mol. The number of amides is 1. The summed E-state index contributed by atoms with van der Waals surface area (Å²) in [4.78, 5) is 16.8. The van der Waals surface area contributed by atoms with Gasteiger partial charge in [0.2, 0.25) is 5.91 Å². The number of aromatic nitrogens is 1. The fourth-order valence-corrected chi connectivity index (χ4v) is 2.62. The summed E-state index contributed by atoms with van der Waals surface area (Å²) in [6.07, 6.45) is 4.97. The van der Waals surface area contributed by atoms with Gasteiger partial charge in [-0.1, -0.05) is 24.3 Å².